The molecule has 0 saturated heterocycles. The van der Waals surface area contributed by atoms with Crippen molar-refractivity contribution >= 4 is 60.5 Å². The lowest BCUT2D eigenvalue weighted by Gasteiger charge is -2.10. The van der Waals surface area contributed by atoms with Crippen molar-refractivity contribution in [1.82, 2.24) is 5.32 Å². The number of hydrogen-bond donors (Lipinski definition) is 1. The predicted molar refractivity (Wildman–Crippen MR) is 118 cm³/mol. The molecule has 3 heteroatoms. The molecule has 0 fully saturated rings. The molecule has 29 heavy (non-hydrogen) atoms. The van der Waals surface area contributed by atoms with Crippen LogP contribution in [0.3, 0.4) is 0 Å². The number of fused-ring (bicyclic) bond motifs is 4. The molecule has 0 bridgehead atoms. The van der Waals surface area contributed by atoms with E-state index in [-0.39, 0.29) is 11.8 Å². The molecular formula is C26H15NO2. The summed E-state index contributed by atoms with van der Waals surface area (Å²) in [5, 5.41) is 11.4. The molecule has 0 spiro atoms. The molecule has 1 heterocycles. The van der Waals surface area contributed by atoms with Gasteiger partial charge < -0.3 is 0 Å². The van der Waals surface area contributed by atoms with Gasteiger partial charge in [0, 0.05) is 6.08 Å². The van der Waals surface area contributed by atoms with Crippen molar-refractivity contribution in [2.75, 3.05) is 0 Å². The molecule has 0 radical (unpaired) electrons. The summed E-state index contributed by atoms with van der Waals surface area (Å²) < 4.78 is 0. The predicted octanol–water partition coefficient (Wildman–Crippen LogP) is 5.34. The third-order valence-corrected chi connectivity index (χ3v) is 5.70. The van der Waals surface area contributed by atoms with Gasteiger partial charge >= 0.3 is 0 Å². The Morgan fingerprint density at radius 3 is 1.72 bits per heavy atom. The maximum atomic E-state index is 12.2. The van der Waals surface area contributed by atoms with Crippen molar-refractivity contribution in [3.63, 3.8) is 0 Å². The van der Waals surface area contributed by atoms with E-state index in [1.54, 1.807) is 0 Å². The van der Waals surface area contributed by atoms with Gasteiger partial charge in [-0.15, -0.1) is 0 Å². The maximum Gasteiger partial charge on any atom is 0.258 e. The van der Waals surface area contributed by atoms with Gasteiger partial charge in [0.15, 0.2) is 0 Å². The molecule has 2 amide bonds. The molecule has 0 saturated carbocycles. The zero-order valence-electron chi connectivity index (χ0n) is 15.4. The number of amides is 2. The minimum atomic E-state index is -0.360. The van der Waals surface area contributed by atoms with E-state index in [4.69, 9.17) is 0 Å². The second-order valence-electron chi connectivity index (χ2n) is 7.50. The first-order valence-electron chi connectivity index (χ1n) is 9.52. The van der Waals surface area contributed by atoms with Crippen LogP contribution in [-0.2, 0) is 9.59 Å². The SMILES string of the molecule is O=C1C=C(c2cccc3cc4cc5cc6ccccc6cc5cc4cc23)C(=O)N1. The smallest absolute Gasteiger partial charge is 0.258 e. The minimum Gasteiger partial charge on any atom is -0.289 e. The van der Waals surface area contributed by atoms with Crippen molar-refractivity contribution in [1.29, 1.82) is 0 Å². The number of imide groups is 1. The fourth-order valence-corrected chi connectivity index (χ4v) is 4.32. The normalized spacial score (nSPS) is 14.1. The Balaban J connectivity index is 1.66. The lowest BCUT2D eigenvalue weighted by molar-refractivity contribution is -0.123. The van der Waals surface area contributed by atoms with Crippen molar-refractivity contribution in [3.05, 3.63) is 90.5 Å². The zero-order valence-corrected chi connectivity index (χ0v) is 15.4. The van der Waals surface area contributed by atoms with Crippen LogP contribution >= 0.6 is 0 Å². The average molecular weight is 373 g/mol. The maximum absolute atomic E-state index is 12.2. The van der Waals surface area contributed by atoms with E-state index in [1.807, 2.05) is 18.2 Å². The highest BCUT2D eigenvalue weighted by Crippen LogP contribution is 2.33. The molecule has 5 aromatic rings. The van der Waals surface area contributed by atoms with Gasteiger partial charge in [0.05, 0.1) is 5.57 Å². The number of rotatable bonds is 1. The van der Waals surface area contributed by atoms with E-state index in [2.05, 4.69) is 66.0 Å². The van der Waals surface area contributed by atoms with E-state index in [9.17, 15) is 9.59 Å². The van der Waals surface area contributed by atoms with E-state index in [0.717, 1.165) is 27.1 Å². The van der Waals surface area contributed by atoms with E-state index in [1.165, 1.54) is 27.6 Å². The molecule has 5 aromatic carbocycles. The summed E-state index contributed by atoms with van der Waals surface area (Å²) in [5.41, 5.74) is 1.21. The first kappa shape index (κ1) is 16.0. The fraction of sp³-hybridized carbons (Fsp3) is 0. The third-order valence-electron chi connectivity index (χ3n) is 5.70. The molecule has 3 nitrogen and oxygen atoms in total. The average Bonchev–Trinajstić information content (AvgIpc) is 3.06. The van der Waals surface area contributed by atoms with E-state index >= 15 is 0 Å². The molecule has 0 atom stereocenters. The van der Waals surface area contributed by atoms with Gasteiger partial charge in [-0.1, -0.05) is 42.5 Å². The highest BCUT2D eigenvalue weighted by atomic mass is 16.2. The van der Waals surface area contributed by atoms with Crippen LogP contribution in [0.1, 0.15) is 5.56 Å². The van der Waals surface area contributed by atoms with E-state index < -0.39 is 0 Å². The van der Waals surface area contributed by atoms with Crippen molar-refractivity contribution in [3.8, 4) is 0 Å². The zero-order chi connectivity index (χ0) is 19.5. The number of benzene rings is 5. The second kappa shape index (κ2) is 5.76. The van der Waals surface area contributed by atoms with Gasteiger partial charge in [-0.25, -0.2) is 0 Å². The summed E-state index contributed by atoms with van der Waals surface area (Å²) in [6.45, 7) is 0. The molecule has 1 N–H and O–H groups in total. The van der Waals surface area contributed by atoms with Gasteiger partial charge in [0.25, 0.3) is 11.8 Å². The largest absolute Gasteiger partial charge is 0.289 e. The molecule has 0 unspecified atom stereocenters. The summed E-state index contributed by atoms with van der Waals surface area (Å²) >= 11 is 0. The van der Waals surface area contributed by atoms with Crippen LogP contribution in [0.15, 0.2) is 84.9 Å². The van der Waals surface area contributed by atoms with Crippen molar-refractivity contribution in [2.45, 2.75) is 0 Å². The second-order valence-corrected chi connectivity index (χ2v) is 7.50. The summed E-state index contributed by atoms with van der Waals surface area (Å²) in [6, 6.07) is 27.3. The lowest BCUT2D eigenvalue weighted by atomic mass is 9.93. The number of carbonyl (C=O) groups excluding carboxylic acids is 2. The van der Waals surface area contributed by atoms with Crippen molar-refractivity contribution in [2.24, 2.45) is 0 Å². The van der Waals surface area contributed by atoms with Gasteiger partial charge in [-0.05, 0) is 85.1 Å². The topological polar surface area (TPSA) is 46.2 Å². The summed E-state index contributed by atoms with van der Waals surface area (Å²) in [5.74, 6) is -0.701. The first-order chi connectivity index (χ1) is 14.2. The molecule has 6 rings (SSSR count). The molecular weight excluding hydrogens is 358 g/mol. The van der Waals surface area contributed by atoms with Crippen LogP contribution in [0.25, 0.3) is 48.7 Å². The van der Waals surface area contributed by atoms with Gasteiger partial charge in [-0.2, -0.15) is 0 Å². The summed E-state index contributed by atoms with van der Waals surface area (Å²) in [6.07, 6.45) is 1.38. The van der Waals surface area contributed by atoms with Crippen LogP contribution in [0.5, 0.6) is 0 Å². The quantitative estimate of drug-likeness (QED) is 0.318. The Kier molecular flexibility index (Phi) is 3.18. The number of carbonyl (C=O) groups is 2. The summed E-state index contributed by atoms with van der Waals surface area (Å²) in [7, 11) is 0. The minimum absolute atomic E-state index is 0.340. The fourth-order valence-electron chi connectivity index (χ4n) is 4.32. The monoisotopic (exact) mass is 373 g/mol. The molecule has 136 valence electrons. The molecule has 0 aliphatic carbocycles. The Hall–Kier alpha value is -3.98. The van der Waals surface area contributed by atoms with Crippen LogP contribution in [0.4, 0.5) is 0 Å². The Bertz CT molecular complexity index is 1560. The highest BCUT2D eigenvalue weighted by Gasteiger charge is 2.23. The molecule has 0 aromatic heterocycles. The van der Waals surface area contributed by atoms with Crippen LogP contribution < -0.4 is 5.32 Å². The third kappa shape index (κ3) is 2.44. The Labute approximate surface area is 166 Å². The van der Waals surface area contributed by atoms with E-state index in [0.29, 0.717) is 5.57 Å². The first-order valence-corrected chi connectivity index (χ1v) is 9.52. The van der Waals surface area contributed by atoms with Gasteiger partial charge in [-0.3, -0.25) is 14.9 Å². The van der Waals surface area contributed by atoms with Crippen LogP contribution in [-0.4, -0.2) is 11.8 Å². The Morgan fingerprint density at radius 2 is 1.10 bits per heavy atom. The Morgan fingerprint density at radius 1 is 0.552 bits per heavy atom. The summed E-state index contributed by atoms with van der Waals surface area (Å²) in [4.78, 5) is 23.8. The number of nitrogens with one attached hydrogen (secondary N) is 1. The number of hydrogen-bond acceptors (Lipinski definition) is 2. The molecule has 1 aliphatic heterocycles. The standard InChI is InChI=1S/C26H15NO2/c28-25-14-24(26(29)27-25)22-7-3-6-17-10-20-11-18-8-15-4-1-2-5-16(15)9-19(18)12-21(20)13-23(17)22/h1-14H,(H,27,28,29). The molecule has 1 aliphatic rings. The van der Waals surface area contributed by atoms with Gasteiger partial charge in [0.2, 0.25) is 0 Å². The highest BCUT2D eigenvalue weighted by molar-refractivity contribution is 6.35. The van der Waals surface area contributed by atoms with Crippen molar-refractivity contribution < 1.29 is 9.59 Å². The van der Waals surface area contributed by atoms with Crippen LogP contribution in [0.2, 0.25) is 0 Å². The van der Waals surface area contributed by atoms with Crippen LogP contribution in [0, 0.1) is 0 Å². The van der Waals surface area contributed by atoms with Gasteiger partial charge in [0.1, 0.15) is 0 Å². The lowest BCUT2D eigenvalue weighted by Crippen LogP contribution is -2.21.